The maximum atomic E-state index is 11.7. The molecule has 1 rings (SSSR count). The summed E-state index contributed by atoms with van der Waals surface area (Å²) in [5.74, 6) is -0.0426. The fourth-order valence-corrected chi connectivity index (χ4v) is 1.40. The summed E-state index contributed by atoms with van der Waals surface area (Å²) in [5.41, 5.74) is 7.42. The van der Waals surface area contributed by atoms with Crippen molar-refractivity contribution in [3.05, 3.63) is 29.8 Å². The van der Waals surface area contributed by atoms with Crippen LogP contribution in [0.5, 0.6) is 0 Å². The Bertz CT molecular complexity index is 349. The third-order valence-electron chi connectivity index (χ3n) is 2.51. The van der Waals surface area contributed by atoms with Crippen molar-refractivity contribution in [3.8, 4) is 0 Å². The zero-order chi connectivity index (χ0) is 12.7. The maximum Gasteiger partial charge on any atom is 0.252 e. The second kappa shape index (κ2) is 7.04. The fourth-order valence-electron chi connectivity index (χ4n) is 1.40. The van der Waals surface area contributed by atoms with Gasteiger partial charge in [-0.2, -0.15) is 0 Å². The van der Waals surface area contributed by atoms with E-state index in [4.69, 9.17) is 10.5 Å². The van der Waals surface area contributed by atoms with E-state index in [1.807, 2.05) is 31.2 Å². The van der Waals surface area contributed by atoms with Crippen molar-refractivity contribution in [1.82, 2.24) is 0 Å². The molecule has 0 aliphatic rings. The van der Waals surface area contributed by atoms with Crippen LogP contribution >= 0.6 is 0 Å². The highest BCUT2D eigenvalue weighted by molar-refractivity contribution is 5.93. The highest BCUT2D eigenvalue weighted by Crippen LogP contribution is 2.13. The number of benzene rings is 1. The van der Waals surface area contributed by atoms with Gasteiger partial charge in [0.1, 0.15) is 6.61 Å². The maximum absolute atomic E-state index is 11.7. The lowest BCUT2D eigenvalue weighted by molar-refractivity contribution is -0.122. The number of likely N-dealkylation sites (N-methyl/N-ethyl adjacent to an activating group) is 1. The number of hydrogen-bond acceptors (Lipinski definition) is 3. The van der Waals surface area contributed by atoms with Gasteiger partial charge in [-0.3, -0.25) is 4.79 Å². The molecule has 4 heteroatoms. The average molecular weight is 236 g/mol. The topological polar surface area (TPSA) is 55.6 Å². The average Bonchev–Trinajstić information content (AvgIpc) is 2.38. The summed E-state index contributed by atoms with van der Waals surface area (Å²) in [5, 5.41) is 0. The van der Waals surface area contributed by atoms with Gasteiger partial charge in [-0.05, 0) is 24.1 Å². The predicted molar refractivity (Wildman–Crippen MR) is 68.9 cm³/mol. The summed E-state index contributed by atoms with van der Waals surface area (Å²) in [4.78, 5) is 13.3. The van der Waals surface area contributed by atoms with Gasteiger partial charge in [-0.15, -0.1) is 0 Å². The van der Waals surface area contributed by atoms with Gasteiger partial charge in [-0.25, -0.2) is 0 Å². The first kappa shape index (κ1) is 13.7. The number of anilines is 1. The Hall–Kier alpha value is -1.39. The van der Waals surface area contributed by atoms with Crippen molar-refractivity contribution < 1.29 is 9.53 Å². The van der Waals surface area contributed by atoms with Gasteiger partial charge < -0.3 is 15.4 Å². The van der Waals surface area contributed by atoms with Crippen molar-refractivity contribution in [2.24, 2.45) is 5.73 Å². The molecule has 0 radical (unpaired) electrons. The van der Waals surface area contributed by atoms with Crippen LogP contribution in [0.15, 0.2) is 24.3 Å². The van der Waals surface area contributed by atoms with E-state index < -0.39 is 0 Å². The number of hydrogen-bond donors (Lipinski definition) is 1. The number of nitrogens with zero attached hydrogens (tertiary/aromatic N) is 1. The Morgan fingerprint density at radius 2 is 2.00 bits per heavy atom. The molecule has 1 amide bonds. The summed E-state index contributed by atoms with van der Waals surface area (Å²) < 4.78 is 5.22. The van der Waals surface area contributed by atoms with Gasteiger partial charge in [0.25, 0.3) is 5.91 Å². The molecule has 0 aromatic heterocycles. The number of carbonyl (C=O) groups excluding carboxylic acids is 1. The second-order valence-electron chi connectivity index (χ2n) is 3.88. The zero-order valence-electron chi connectivity index (χ0n) is 10.5. The smallest absolute Gasteiger partial charge is 0.252 e. The summed E-state index contributed by atoms with van der Waals surface area (Å²) in [6, 6.07) is 7.62. The molecule has 1 aromatic carbocycles. The SMILES string of the molecule is CCCOCC(=O)N(C)c1ccc(CN)cc1. The minimum Gasteiger partial charge on any atom is -0.372 e. The Morgan fingerprint density at radius 3 is 2.53 bits per heavy atom. The molecule has 94 valence electrons. The number of rotatable bonds is 6. The molecular formula is C13H20N2O2. The molecule has 17 heavy (non-hydrogen) atoms. The quantitative estimate of drug-likeness (QED) is 0.762. The van der Waals surface area contributed by atoms with Crippen molar-refractivity contribution in [2.75, 3.05) is 25.2 Å². The Morgan fingerprint density at radius 1 is 1.35 bits per heavy atom. The summed E-state index contributed by atoms with van der Waals surface area (Å²) >= 11 is 0. The van der Waals surface area contributed by atoms with Crippen LogP contribution in [-0.4, -0.2) is 26.2 Å². The normalized spacial score (nSPS) is 10.3. The molecule has 0 saturated heterocycles. The van der Waals surface area contributed by atoms with Crippen LogP contribution < -0.4 is 10.6 Å². The minimum absolute atomic E-state index is 0.0426. The molecule has 0 heterocycles. The number of carbonyl (C=O) groups is 1. The van der Waals surface area contributed by atoms with Gasteiger partial charge in [0, 0.05) is 25.9 Å². The fraction of sp³-hybridized carbons (Fsp3) is 0.462. The van der Waals surface area contributed by atoms with E-state index >= 15 is 0 Å². The van der Waals surface area contributed by atoms with Crippen LogP contribution in [0.4, 0.5) is 5.69 Å². The zero-order valence-corrected chi connectivity index (χ0v) is 10.5. The molecular weight excluding hydrogens is 216 g/mol. The largest absolute Gasteiger partial charge is 0.372 e. The van der Waals surface area contributed by atoms with Gasteiger partial charge in [0.2, 0.25) is 0 Å². The molecule has 0 spiro atoms. The first-order valence-corrected chi connectivity index (χ1v) is 5.82. The van der Waals surface area contributed by atoms with Crippen molar-refractivity contribution in [1.29, 1.82) is 0 Å². The van der Waals surface area contributed by atoms with E-state index in [2.05, 4.69) is 0 Å². The van der Waals surface area contributed by atoms with Crippen LogP contribution in [0, 0.1) is 0 Å². The Kier molecular flexibility index (Phi) is 5.66. The Labute approximate surface area is 102 Å². The van der Waals surface area contributed by atoms with Crippen LogP contribution in [0.25, 0.3) is 0 Å². The molecule has 0 atom stereocenters. The van der Waals surface area contributed by atoms with Crippen LogP contribution in [0.3, 0.4) is 0 Å². The third-order valence-corrected chi connectivity index (χ3v) is 2.51. The van der Waals surface area contributed by atoms with Crippen molar-refractivity contribution in [2.45, 2.75) is 19.9 Å². The Balaban J connectivity index is 2.55. The molecule has 0 fully saturated rings. The standard InChI is InChI=1S/C13H20N2O2/c1-3-8-17-10-13(16)15(2)12-6-4-11(9-14)5-7-12/h4-7H,3,8-10,14H2,1-2H3. The number of amides is 1. The van der Waals surface area contributed by atoms with Crippen LogP contribution in [0.2, 0.25) is 0 Å². The lowest BCUT2D eigenvalue weighted by Gasteiger charge is -2.17. The van der Waals surface area contributed by atoms with Gasteiger partial charge in [0.05, 0.1) is 0 Å². The van der Waals surface area contributed by atoms with E-state index in [0.29, 0.717) is 13.2 Å². The van der Waals surface area contributed by atoms with Gasteiger partial charge in [-0.1, -0.05) is 19.1 Å². The molecule has 0 aliphatic carbocycles. The molecule has 0 aliphatic heterocycles. The number of ether oxygens (including phenoxy) is 1. The molecule has 0 unspecified atom stereocenters. The predicted octanol–water partition coefficient (Wildman–Crippen LogP) is 1.53. The summed E-state index contributed by atoms with van der Waals surface area (Å²) in [6.07, 6.45) is 0.919. The van der Waals surface area contributed by atoms with Crippen LogP contribution in [0.1, 0.15) is 18.9 Å². The summed E-state index contributed by atoms with van der Waals surface area (Å²) in [6.45, 7) is 3.27. The first-order valence-electron chi connectivity index (χ1n) is 5.82. The summed E-state index contributed by atoms with van der Waals surface area (Å²) in [7, 11) is 1.75. The van der Waals surface area contributed by atoms with Crippen LogP contribution in [-0.2, 0) is 16.1 Å². The lowest BCUT2D eigenvalue weighted by atomic mass is 10.2. The molecule has 1 aromatic rings. The van der Waals surface area contributed by atoms with Crippen molar-refractivity contribution in [3.63, 3.8) is 0 Å². The molecule has 2 N–H and O–H groups in total. The van der Waals surface area contributed by atoms with E-state index in [9.17, 15) is 4.79 Å². The van der Waals surface area contributed by atoms with E-state index in [-0.39, 0.29) is 12.5 Å². The van der Waals surface area contributed by atoms with Crippen molar-refractivity contribution >= 4 is 11.6 Å². The van der Waals surface area contributed by atoms with Gasteiger partial charge in [0.15, 0.2) is 0 Å². The minimum atomic E-state index is -0.0426. The highest BCUT2D eigenvalue weighted by Gasteiger charge is 2.10. The monoisotopic (exact) mass is 236 g/mol. The second-order valence-corrected chi connectivity index (χ2v) is 3.88. The lowest BCUT2D eigenvalue weighted by Crippen LogP contribution is -2.30. The van der Waals surface area contributed by atoms with E-state index in [1.54, 1.807) is 11.9 Å². The molecule has 0 bridgehead atoms. The number of nitrogens with two attached hydrogens (primary N) is 1. The third kappa shape index (κ3) is 4.17. The van der Waals surface area contributed by atoms with E-state index in [0.717, 1.165) is 17.7 Å². The highest BCUT2D eigenvalue weighted by atomic mass is 16.5. The first-order chi connectivity index (χ1) is 8.19. The van der Waals surface area contributed by atoms with Gasteiger partial charge >= 0.3 is 0 Å². The molecule has 4 nitrogen and oxygen atoms in total. The molecule has 0 saturated carbocycles. The van der Waals surface area contributed by atoms with E-state index in [1.165, 1.54) is 0 Å².